The van der Waals surface area contributed by atoms with E-state index in [-0.39, 0.29) is 18.5 Å². The first-order chi connectivity index (χ1) is 11.7. The molecule has 1 aromatic carbocycles. The van der Waals surface area contributed by atoms with Gasteiger partial charge in [-0.2, -0.15) is 0 Å². The van der Waals surface area contributed by atoms with Gasteiger partial charge in [0.25, 0.3) is 0 Å². The van der Waals surface area contributed by atoms with Crippen molar-refractivity contribution in [2.75, 3.05) is 39.5 Å². The van der Waals surface area contributed by atoms with Gasteiger partial charge in [-0.05, 0) is 31.0 Å². The molecule has 1 atom stereocenters. The number of carbonyl (C=O) groups is 2. The third-order valence-electron chi connectivity index (χ3n) is 3.52. The molecule has 1 aliphatic rings. The zero-order valence-corrected chi connectivity index (χ0v) is 13.9. The molecule has 0 aliphatic carbocycles. The van der Waals surface area contributed by atoms with Crippen molar-refractivity contribution in [3.63, 3.8) is 0 Å². The van der Waals surface area contributed by atoms with Gasteiger partial charge in [0.1, 0.15) is 11.9 Å². The second-order valence-electron chi connectivity index (χ2n) is 5.34. The third kappa shape index (κ3) is 6.17. The fourth-order valence-corrected chi connectivity index (χ4v) is 2.27. The molecule has 0 saturated carbocycles. The van der Waals surface area contributed by atoms with E-state index >= 15 is 0 Å². The smallest absolute Gasteiger partial charge is 0.344 e. The van der Waals surface area contributed by atoms with Gasteiger partial charge in [-0.15, -0.1) is 0 Å². The van der Waals surface area contributed by atoms with Crippen LogP contribution in [0.2, 0.25) is 0 Å². The van der Waals surface area contributed by atoms with Crippen LogP contribution in [0.25, 0.3) is 0 Å². The highest BCUT2D eigenvalue weighted by atomic mass is 16.6. The number of hydrogen-bond donors (Lipinski definition) is 2. The van der Waals surface area contributed by atoms with Crippen molar-refractivity contribution in [2.45, 2.75) is 19.4 Å². The predicted molar refractivity (Wildman–Crippen MR) is 87.9 cm³/mol. The Morgan fingerprint density at radius 3 is 2.79 bits per heavy atom. The van der Waals surface area contributed by atoms with Gasteiger partial charge in [0, 0.05) is 19.6 Å². The lowest BCUT2D eigenvalue weighted by molar-refractivity contribution is -0.145. The Morgan fingerprint density at radius 2 is 2.12 bits per heavy atom. The first kappa shape index (κ1) is 18.2. The Hall–Kier alpha value is -2.12. The summed E-state index contributed by atoms with van der Waals surface area (Å²) in [5, 5.41) is 6.00. The molecule has 1 heterocycles. The molecule has 0 bridgehead atoms. The number of nitrogens with one attached hydrogen (secondary N) is 2. The van der Waals surface area contributed by atoms with Crippen LogP contribution in [0.5, 0.6) is 5.75 Å². The zero-order valence-electron chi connectivity index (χ0n) is 13.9. The van der Waals surface area contributed by atoms with Crippen molar-refractivity contribution in [1.29, 1.82) is 0 Å². The number of esters is 1. The molecular formula is C17H24N2O5. The number of carbonyl (C=O) groups excluding carboxylic acids is 2. The quantitative estimate of drug-likeness (QED) is 0.663. The van der Waals surface area contributed by atoms with Gasteiger partial charge in [0.15, 0.2) is 6.61 Å². The molecule has 1 aromatic rings. The van der Waals surface area contributed by atoms with Crippen molar-refractivity contribution in [2.24, 2.45) is 0 Å². The van der Waals surface area contributed by atoms with E-state index in [1.165, 1.54) is 0 Å². The summed E-state index contributed by atoms with van der Waals surface area (Å²) >= 11 is 0. The van der Waals surface area contributed by atoms with Gasteiger partial charge < -0.3 is 24.8 Å². The minimum atomic E-state index is -0.405. The maximum atomic E-state index is 11.9. The molecule has 0 radical (unpaired) electrons. The summed E-state index contributed by atoms with van der Waals surface area (Å²) in [6.45, 7) is 4.44. The van der Waals surface area contributed by atoms with Gasteiger partial charge in [-0.1, -0.05) is 12.1 Å². The molecule has 1 fully saturated rings. The predicted octanol–water partition coefficient (Wildman–Crippen LogP) is 0.276. The van der Waals surface area contributed by atoms with Crippen LogP contribution in [0.1, 0.15) is 12.5 Å². The highest BCUT2D eigenvalue weighted by Crippen LogP contribution is 2.12. The van der Waals surface area contributed by atoms with E-state index in [2.05, 4.69) is 10.6 Å². The standard InChI is InChI=1S/C17H24N2O5/c1-2-22-16(20)12-24-14-5-3-13(4-6-14)7-8-19-17(21)15-11-18-9-10-23-15/h3-6,15,18H,2,7-12H2,1H3,(H,19,21). The first-order valence-corrected chi connectivity index (χ1v) is 8.16. The summed E-state index contributed by atoms with van der Waals surface area (Å²) in [6, 6.07) is 7.41. The van der Waals surface area contributed by atoms with Crippen LogP contribution in [-0.4, -0.2) is 57.4 Å². The van der Waals surface area contributed by atoms with Gasteiger partial charge >= 0.3 is 5.97 Å². The number of morpholine rings is 1. The molecule has 1 aliphatic heterocycles. The topological polar surface area (TPSA) is 85.9 Å². The molecule has 7 heteroatoms. The maximum absolute atomic E-state index is 11.9. The van der Waals surface area contributed by atoms with E-state index in [0.29, 0.717) is 38.5 Å². The van der Waals surface area contributed by atoms with Crippen molar-refractivity contribution < 1.29 is 23.8 Å². The van der Waals surface area contributed by atoms with E-state index < -0.39 is 6.10 Å². The molecule has 1 saturated heterocycles. The fourth-order valence-electron chi connectivity index (χ4n) is 2.27. The summed E-state index contributed by atoms with van der Waals surface area (Å²) in [5.41, 5.74) is 1.07. The van der Waals surface area contributed by atoms with Crippen molar-refractivity contribution >= 4 is 11.9 Å². The van der Waals surface area contributed by atoms with Crippen molar-refractivity contribution in [3.05, 3.63) is 29.8 Å². The van der Waals surface area contributed by atoms with Crippen LogP contribution in [0, 0.1) is 0 Å². The van der Waals surface area contributed by atoms with E-state index in [1.54, 1.807) is 19.1 Å². The summed E-state index contributed by atoms with van der Waals surface area (Å²) in [4.78, 5) is 23.1. The van der Waals surface area contributed by atoms with E-state index in [4.69, 9.17) is 14.2 Å². The number of ether oxygens (including phenoxy) is 3. The number of rotatable bonds is 8. The molecular weight excluding hydrogens is 312 g/mol. The summed E-state index contributed by atoms with van der Waals surface area (Å²) in [6.07, 6.45) is 0.307. The van der Waals surface area contributed by atoms with E-state index in [9.17, 15) is 9.59 Å². The highest BCUT2D eigenvalue weighted by molar-refractivity contribution is 5.81. The molecule has 0 spiro atoms. The Balaban J connectivity index is 1.67. The maximum Gasteiger partial charge on any atom is 0.344 e. The molecule has 24 heavy (non-hydrogen) atoms. The van der Waals surface area contributed by atoms with E-state index in [1.807, 2.05) is 12.1 Å². The molecule has 2 rings (SSSR count). The van der Waals surface area contributed by atoms with Crippen molar-refractivity contribution in [3.8, 4) is 5.75 Å². The second-order valence-corrected chi connectivity index (χ2v) is 5.34. The normalized spacial score (nSPS) is 17.1. The summed E-state index contributed by atoms with van der Waals surface area (Å²) < 4.78 is 15.5. The molecule has 132 valence electrons. The fraction of sp³-hybridized carbons (Fsp3) is 0.529. The van der Waals surface area contributed by atoms with Crippen LogP contribution in [0.15, 0.2) is 24.3 Å². The van der Waals surface area contributed by atoms with Gasteiger partial charge in [-0.3, -0.25) is 4.79 Å². The number of benzene rings is 1. The highest BCUT2D eigenvalue weighted by Gasteiger charge is 2.20. The van der Waals surface area contributed by atoms with Crippen LogP contribution >= 0.6 is 0 Å². The zero-order chi connectivity index (χ0) is 17.2. The molecule has 1 amide bonds. The second kappa shape index (κ2) is 9.89. The summed E-state index contributed by atoms with van der Waals surface area (Å²) in [5.74, 6) is 0.137. The monoisotopic (exact) mass is 336 g/mol. The number of hydrogen-bond acceptors (Lipinski definition) is 6. The number of amides is 1. The SMILES string of the molecule is CCOC(=O)COc1ccc(CCNC(=O)C2CNCCO2)cc1. The third-order valence-corrected chi connectivity index (χ3v) is 3.52. The van der Waals surface area contributed by atoms with Crippen LogP contribution in [-0.2, 0) is 25.5 Å². The van der Waals surface area contributed by atoms with E-state index in [0.717, 1.165) is 12.1 Å². The average Bonchev–Trinajstić information content (AvgIpc) is 2.62. The van der Waals surface area contributed by atoms with Crippen LogP contribution in [0.3, 0.4) is 0 Å². The van der Waals surface area contributed by atoms with Crippen LogP contribution < -0.4 is 15.4 Å². The minimum Gasteiger partial charge on any atom is -0.482 e. The Labute approximate surface area is 141 Å². The van der Waals surface area contributed by atoms with Gasteiger partial charge in [-0.25, -0.2) is 4.79 Å². The average molecular weight is 336 g/mol. The Kier molecular flexibility index (Phi) is 7.51. The Bertz CT molecular complexity index is 526. The Morgan fingerprint density at radius 1 is 1.33 bits per heavy atom. The lowest BCUT2D eigenvalue weighted by Gasteiger charge is -2.22. The first-order valence-electron chi connectivity index (χ1n) is 8.16. The lowest BCUT2D eigenvalue weighted by atomic mass is 10.1. The largest absolute Gasteiger partial charge is 0.482 e. The lowest BCUT2D eigenvalue weighted by Crippen LogP contribution is -2.48. The molecule has 2 N–H and O–H groups in total. The molecule has 0 aromatic heterocycles. The van der Waals surface area contributed by atoms with Gasteiger partial charge in [0.2, 0.25) is 5.91 Å². The van der Waals surface area contributed by atoms with Gasteiger partial charge in [0.05, 0.1) is 13.2 Å². The molecule has 7 nitrogen and oxygen atoms in total. The minimum absolute atomic E-state index is 0.0865. The van der Waals surface area contributed by atoms with Crippen molar-refractivity contribution in [1.82, 2.24) is 10.6 Å². The van der Waals surface area contributed by atoms with Crippen LogP contribution in [0.4, 0.5) is 0 Å². The summed E-state index contributed by atoms with van der Waals surface area (Å²) in [7, 11) is 0. The molecule has 1 unspecified atom stereocenters.